The number of benzene rings is 2. The molecule has 0 bridgehead atoms. The number of carbonyl (C=O) groups is 2. The largest absolute Gasteiger partial charge is 0.494 e. The predicted octanol–water partition coefficient (Wildman–Crippen LogP) is 4.32. The zero-order chi connectivity index (χ0) is 19.2. The second-order valence-corrected chi connectivity index (χ2v) is 7.32. The minimum absolute atomic E-state index is 0.0419. The molecule has 0 aliphatic heterocycles. The molecule has 2 aromatic carbocycles. The molecule has 1 heterocycles. The van der Waals surface area contributed by atoms with Crippen molar-refractivity contribution in [3.8, 4) is 5.75 Å². The highest BCUT2D eigenvalue weighted by atomic mass is 32.1. The molecule has 0 N–H and O–H groups in total. The van der Waals surface area contributed by atoms with E-state index in [0.29, 0.717) is 18.7 Å². The SMILES string of the molecule is CCOc1ccc(C(=O)CCC(=O)N(C)Cc2nc3ccccc3s2)cc1. The fraction of sp³-hybridized carbons (Fsp3) is 0.286. The normalized spacial score (nSPS) is 10.7. The van der Waals surface area contributed by atoms with Gasteiger partial charge < -0.3 is 9.64 Å². The Hall–Kier alpha value is -2.73. The van der Waals surface area contributed by atoms with Crippen LogP contribution in [0, 0.1) is 0 Å². The van der Waals surface area contributed by atoms with Gasteiger partial charge in [0.05, 0.1) is 23.4 Å². The maximum Gasteiger partial charge on any atom is 0.223 e. The van der Waals surface area contributed by atoms with Crippen molar-refractivity contribution >= 4 is 33.2 Å². The summed E-state index contributed by atoms with van der Waals surface area (Å²) in [4.78, 5) is 30.8. The number of aromatic nitrogens is 1. The second kappa shape index (κ2) is 8.77. The molecule has 0 saturated heterocycles. The summed E-state index contributed by atoms with van der Waals surface area (Å²) in [6.07, 6.45) is 0.379. The third-order valence-electron chi connectivity index (χ3n) is 4.19. The van der Waals surface area contributed by atoms with Crippen molar-refractivity contribution in [3.63, 3.8) is 0 Å². The molecular formula is C21H22N2O3S. The lowest BCUT2D eigenvalue weighted by Gasteiger charge is -2.15. The van der Waals surface area contributed by atoms with Gasteiger partial charge in [0.15, 0.2) is 5.78 Å². The second-order valence-electron chi connectivity index (χ2n) is 6.21. The number of amides is 1. The highest BCUT2D eigenvalue weighted by molar-refractivity contribution is 7.18. The average Bonchev–Trinajstić information content (AvgIpc) is 3.08. The van der Waals surface area contributed by atoms with E-state index in [1.807, 2.05) is 31.2 Å². The van der Waals surface area contributed by atoms with Gasteiger partial charge in [-0.1, -0.05) is 12.1 Å². The molecule has 1 aromatic heterocycles. The molecule has 0 saturated carbocycles. The summed E-state index contributed by atoms with van der Waals surface area (Å²) in [6.45, 7) is 2.95. The summed E-state index contributed by atoms with van der Waals surface area (Å²) >= 11 is 1.59. The van der Waals surface area contributed by atoms with E-state index in [-0.39, 0.29) is 24.5 Å². The minimum atomic E-state index is -0.0615. The van der Waals surface area contributed by atoms with E-state index in [9.17, 15) is 9.59 Å². The third-order valence-corrected chi connectivity index (χ3v) is 5.21. The van der Waals surface area contributed by atoms with Crippen LogP contribution >= 0.6 is 11.3 Å². The summed E-state index contributed by atoms with van der Waals surface area (Å²) in [5.74, 6) is 0.633. The van der Waals surface area contributed by atoms with E-state index in [0.717, 1.165) is 21.0 Å². The van der Waals surface area contributed by atoms with Crippen molar-refractivity contribution in [2.45, 2.75) is 26.3 Å². The standard InChI is InChI=1S/C21H22N2O3S/c1-3-26-16-10-8-15(9-11-16)18(24)12-13-21(25)23(2)14-20-22-17-6-4-5-7-19(17)27-20/h4-11H,3,12-14H2,1-2H3. The number of Topliss-reactive ketones (excluding diaryl/α,β-unsaturated/α-hetero) is 1. The van der Waals surface area contributed by atoms with Gasteiger partial charge in [0.2, 0.25) is 5.91 Å². The Kier molecular flexibility index (Phi) is 6.19. The molecule has 5 nitrogen and oxygen atoms in total. The van der Waals surface area contributed by atoms with Gasteiger partial charge in [0, 0.05) is 25.5 Å². The molecule has 0 atom stereocenters. The van der Waals surface area contributed by atoms with E-state index < -0.39 is 0 Å². The lowest BCUT2D eigenvalue weighted by atomic mass is 10.1. The minimum Gasteiger partial charge on any atom is -0.494 e. The molecule has 3 rings (SSSR count). The summed E-state index contributed by atoms with van der Waals surface area (Å²) in [6, 6.07) is 14.9. The van der Waals surface area contributed by atoms with Crippen LogP contribution in [0.4, 0.5) is 0 Å². The summed E-state index contributed by atoms with van der Waals surface area (Å²) in [5.41, 5.74) is 1.55. The van der Waals surface area contributed by atoms with Crippen molar-refractivity contribution in [3.05, 3.63) is 59.1 Å². The number of thiazole rings is 1. The zero-order valence-corrected chi connectivity index (χ0v) is 16.3. The zero-order valence-electron chi connectivity index (χ0n) is 15.5. The quantitative estimate of drug-likeness (QED) is 0.545. The van der Waals surface area contributed by atoms with E-state index in [1.54, 1.807) is 47.5 Å². The molecule has 0 unspecified atom stereocenters. The lowest BCUT2D eigenvalue weighted by molar-refractivity contribution is -0.130. The van der Waals surface area contributed by atoms with Crippen molar-refractivity contribution in [2.75, 3.05) is 13.7 Å². The Bertz CT molecular complexity index is 901. The van der Waals surface area contributed by atoms with Crippen LogP contribution in [0.15, 0.2) is 48.5 Å². The molecule has 0 fully saturated rings. The lowest BCUT2D eigenvalue weighted by Crippen LogP contribution is -2.26. The number of nitrogens with zero attached hydrogens (tertiary/aromatic N) is 2. The Morgan fingerprint density at radius 3 is 2.52 bits per heavy atom. The molecular weight excluding hydrogens is 360 g/mol. The van der Waals surface area contributed by atoms with Crippen molar-refractivity contribution in [2.24, 2.45) is 0 Å². The topological polar surface area (TPSA) is 59.5 Å². The molecule has 1 amide bonds. The first-order chi connectivity index (χ1) is 13.1. The number of carbonyl (C=O) groups excluding carboxylic acids is 2. The van der Waals surface area contributed by atoms with Crippen LogP contribution in [0.25, 0.3) is 10.2 Å². The highest BCUT2D eigenvalue weighted by Crippen LogP contribution is 2.22. The molecule has 140 valence electrons. The number of hydrogen-bond acceptors (Lipinski definition) is 5. The van der Waals surface area contributed by atoms with E-state index >= 15 is 0 Å². The van der Waals surface area contributed by atoms with Crippen LogP contribution in [0.2, 0.25) is 0 Å². The summed E-state index contributed by atoms with van der Waals surface area (Å²) in [5, 5.41) is 0.893. The number of fused-ring (bicyclic) bond motifs is 1. The van der Waals surface area contributed by atoms with Gasteiger partial charge in [-0.3, -0.25) is 9.59 Å². The molecule has 3 aromatic rings. The monoisotopic (exact) mass is 382 g/mol. The molecule has 0 radical (unpaired) electrons. The van der Waals surface area contributed by atoms with Gasteiger partial charge in [-0.05, 0) is 43.3 Å². The number of ether oxygens (including phenoxy) is 1. The number of para-hydroxylation sites is 1. The summed E-state index contributed by atoms with van der Waals surface area (Å²) in [7, 11) is 1.75. The molecule has 0 aliphatic carbocycles. The molecule has 0 aliphatic rings. The summed E-state index contributed by atoms with van der Waals surface area (Å²) < 4.78 is 6.48. The predicted molar refractivity (Wildman–Crippen MR) is 107 cm³/mol. The van der Waals surface area contributed by atoms with Crippen molar-refractivity contribution in [1.82, 2.24) is 9.88 Å². The Balaban J connectivity index is 1.52. The van der Waals surface area contributed by atoms with Gasteiger partial charge in [-0.25, -0.2) is 4.98 Å². The van der Waals surface area contributed by atoms with E-state index in [2.05, 4.69) is 4.98 Å². The Morgan fingerprint density at radius 1 is 1.07 bits per heavy atom. The van der Waals surface area contributed by atoms with Crippen LogP contribution in [-0.4, -0.2) is 35.2 Å². The average molecular weight is 382 g/mol. The van der Waals surface area contributed by atoms with Gasteiger partial charge in [-0.2, -0.15) is 0 Å². The number of ketones is 1. The molecule has 0 spiro atoms. The first-order valence-electron chi connectivity index (χ1n) is 8.91. The van der Waals surface area contributed by atoms with Crippen molar-refractivity contribution in [1.29, 1.82) is 0 Å². The van der Waals surface area contributed by atoms with Gasteiger partial charge >= 0.3 is 0 Å². The van der Waals surface area contributed by atoms with Gasteiger partial charge in [0.1, 0.15) is 10.8 Å². The highest BCUT2D eigenvalue weighted by Gasteiger charge is 2.15. The third kappa shape index (κ3) is 4.92. The van der Waals surface area contributed by atoms with Gasteiger partial charge in [0.25, 0.3) is 0 Å². The smallest absolute Gasteiger partial charge is 0.223 e. The first kappa shape index (κ1) is 19.0. The number of hydrogen-bond donors (Lipinski definition) is 0. The van der Waals surface area contributed by atoms with Crippen LogP contribution in [0.1, 0.15) is 35.1 Å². The maximum atomic E-state index is 12.4. The van der Waals surface area contributed by atoms with Crippen LogP contribution in [0.5, 0.6) is 5.75 Å². The Morgan fingerprint density at radius 2 is 1.81 bits per heavy atom. The first-order valence-corrected chi connectivity index (χ1v) is 9.73. The molecule has 27 heavy (non-hydrogen) atoms. The van der Waals surface area contributed by atoms with Crippen LogP contribution < -0.4 is 4.74 Å². The van der Waals surface area contributed by atoms with Crippen LogP contribution in [0.3, 0.4) is 0 Å². The molecule has 6 heteroatoms. The van der Waals surface area contributed by atoms with E-state index in [1.165, 1.54) is 0 Å². The fourth-order valence-corrected chi connectivity index (χ4v) is 3.76. The van der Waals surface area contributed by atoms with Gasteiger partial charge in [-0.15, -0.1) is 11.3 Å². The van der Waals surface area contributed by atoms with Crippen LogP contribution in [-0.2, 0) is 11.3 Å². The van der Waals surface area contributed by atoms with Crippen molar-refractivity contribution < 1.29 is 14.3 Å². The maximum absolute atomic E-state index is 12.4. The van der Waals surface area contributed by atoms with E-state index in [4.69, 9.17) is 4.74 Å². The Labute approximate surface area is 162 Å². The number of rotatable bonds is 8. The fourth-order valence-electron chi connectivity index (χ4n) is 2.74.